The highest BCUT2D eigenvalue weighted by Gasteiger charge is 2.50. The first-order valence-corrected chi connectivity index (χ1v) is 32.5. The van der Waals surface area contributed by atoms with Crippen LogP contribution in [0, 0.1) is 0 Å². The molecule has 1 saturated heterocycles. The molecule has 0 saturated carbocycles. The Hall–Kier alpha value is -4.88. The van der Waals surface area contributed by atoms with Crippen LogP contribution in [-0.4, -0.2) is 89.2 Å². The second-order valence-electron chi connectivity index (χ2n) is 21.6. The van der Waals surface area contributed by atoms with Gasteiger partial charge >= 0.3 is 23.9 Å². The van der Waals surface area contributed by atoms with Gasteiger partial charge in [-0.3, -0.25) is 14.4 Å². The zero-order chi connectivity index (χ0) is 60.3. The lowest BCUT2D eigenvalue weighted by molar-refractivity contribution is -0.301. The van der Waals surface area contributed by atoms with Crippen molar-refractivity contribution < 1.29 is 58.2 Å². The van der Waals surface area contributed by atoms with Crippen LogP contribution >= 0.6 is 0 Å². The van der Waals surface area contributed by atoms with E-state index in [1.54, 1.807) is 0 Å². The third kappa shape index (κ3) is 47.1. The highest BCUT2D eigenvalue weighted by Crippen LogP contribution is 2.26. The van der Waals surface area contributed by atoms with Crippen molar-refractivity contribution in [1.29, 1.82) is 0 Å². The van der Waals surface area contributed by atoms with Crippen LogP contribution in [0.2, 0.25) is 0 Å². The summed E-state index contributed by atoms with van der Waals surface area (Å²) in [4.78, 5) is 51.3. The number of allylic oxidation sites excluding steroid dienone is 20. The maximum Gasteiger partial charge on any atom is 0.335 e. The van der Waals surface area contributed by atoms with Crippen molar-refractivity contribution in [2.24, 2.45) is 0 Å². The Morgan fingerprint density at radius 1 is 0.410 bits per heavy atom. The molecule has 6 atom stereocenters. The molecule has 1 aliphatic rings. The Morgan fingerprint density at radius 2 is 0.783 bits per heavy atom. The van der Waals surface area contributed by atoms with Crippen LogP contribution in [-0.2, 0) is 42.9 Å². The summed E-state index contributed by atoms with van der Waals surface area (Å²) < 4.78 is 28.4. The van der Waals surface area contributed by atoms with E-state index in [-0.39, 0.29) is 25.9 Å². The van der Waals surface area contributed by atoms with Crippen LogP contribution in [0.5, 0.6) is 0 Å². The fourth-order valence-electron chi connectivity index (χ4n) is 9.15. The summed E-state index contributed by atoms with van der Waals surface area (Å²) in [5, 5.41) is 31.6. The normalized spacial score (nSPS) is 18.4. The smallest absolute Gasteiger partial charge is 0.335 e. The van der Waals surface area contributed by atoms with Crippen LogP contribution in [0.1, 0.15) is 252 Å². The molecule has 0 aliphatic carbocycles. The monoisotopic (exact) mass is 1160 g/mol. The summed E-state index contributed by atoms with van der Waals surface area (Å²) in [6.07, 6.45) is 67.5. The molecule has 0 aromatic heterocycles. The lowest BCUT2D eigenvalue weighted by atomic mass is 9.98. The van der Waals surface area contributed by atoms with Gasteiger partial charge in [-0.1, -0.05) is 258 Å². The predicted octanol–water partition coefficient (Wildman–Crippen LogP) is 17.6. The first-order valence-electron chi connectivity index (χ1n) is 32.5. The summed E-state index contributed by atoms with van der Waals surface area (Å²) in [7, 11) is 0. The number of carboxylic acids is 1. The van der Waals surface area contributed by atoms with Gasteiger partial charge in [-0.25, -0.2) is 4.79 Å². The van der Waals surface area contributed by atoms with Gasteiger partial charge < -0.3 is 39.0 Å². The lowest BCUT2D eigenvalue weighted by Crippen LogP contribution is -2.61. The van der Waals surface area contributed by atoms with E-state index in [9.17, 15) is 34.5 Å². The topological polar surface area (TPSA) is 175 Å². The fourth-order valence-corrected chi connectivity index (χ4v) is 9.15. The SMILES string of the molecule is CC/C=C\C/C=C\C/C=C\C/C=C\C/C=C\C/C=C\CCC(=O)OCC(COC1OC(C(=O)O)C(O)C(O)C1OC(=O)CCCCCCCCCCCCCCCCCCCCC)OC(=O)CCCC/C=C\C/C=C\C/C=C\C/C=C\CC. The van der Waals surface area contributed by atoms with Gasteiger partial charge in [0.15, 0.2) is 24.6 Å². The van der Waals surface area contributed by atoms with Crippen LogP contribution in [0.25, 0.3) is 0 Å². The highest BCUT2D eigenvalue weighted by molar-refractivity contribution is 5.74. The molecule has 0 amide bonds. The van der Waals surface area contributed by atoms with Gasteiger partial charge in [0, 0.05) is 19.3 Å². The number of carbonyl (C=O) groups is 4. The zero-order valence-electron chi connectivity index (χ0n) is 51.9. The molecule has 0 aromatic carbocycles. The second-order valence-corrected chi connectivity index (χ2v) is 21.6. The van der Waals surface area contributed by atoms with Gasteiger partial charge in [-0.15, -0.1) is 0 Å². The minimum Gasteiger partial charge on any atom is -0.479 e. The average Bonchev–Trinajstić information content (AvgIpc) is 3.57. The number of aliphatic carboxylic acids is 1. The highest BCUT2D eigenvalue weighted by atomic mass is 16.7. The Kier molecular flexibility index (Phi) is 52.8. The van der Waals surface area contributed by atoms with E-state index in [1.807, 2.05) is 12.2 Å². The van der Waals surface area contributed by atoms with Crippen LogP contribution in [0.15, 0.2) is 122 Å². The van der Waals surface area contributed by atoms with E-state index in [0.29, 0.717) is 19.3 Å². The van der Waals surface area contributed by atoms with Gasteiger partial charge in [0.05, 0.1) is 6.61 Å². The molecule has 1 heterocycles. The fraction of sp³-hybridized carbons (Fsp3) is 0.662. The van der Waals surface area contributed by atoms with E-state index in [4.69, 9.17) is 23.7 Å². The van der Waals surface area contributed by atoms with E-state index < -0.39 is 67.3 Å². The first kappa shape index (κ1) is 76.1. The van der Waals surface area contributed by atoms with Gasteiger partial charge in [0.25, 0.3) is 0 Å². The average molecular weight is 1160 g/mol. The van der Waals surface area contributed by atoms with E-state index >= 15 is 0 Å². The summed E-state index contributed by atoms with van der Waals surface area (Å²) in [5.41, 5.74) is 0. The number of aliphatic hydroxyl groups excluding tert-OH is 2. The Balaban J connectivity index is 2.72. The van der Waals surface area contributed by atoms with Crippen LogP contribution in [0.4, 0.5) is 0 Å². The minimum atomic E-state index is -1.92. The van der Waals surface area contributed by atoms with Crippen molar-refractivity contribution in [3.63, 3.8) is 0 Å². The number of esters is 3. The largest absolute Gasteiger partial charge is 0.479 e. The van der Waals surface area contributed by atoms with Gasteiger partial charge in [-0.05, 0) is 96.3 Å². The Labute approximate surface area is 503 Å². The molecule has 83 heavy (non-hydrogen) atoms. The standard InChI is InChI=1S/C71H114O12/c1-4-7-10-13-16-19-22-25-28-30-32-34-37-39-42-45-48-51-54-57-63(72)79-60-62(81-64(73)58-55-52-49-46-43-40-36-27-24-21-18-15-12-9-6-3)61-80-71-69(67(76)66(75)68(83-71)70(77)78)82-65(74)59-56-53-50-47-44-41-38-35-33-31-29-26-23-20-17-14-11-8-5-2/h7,9-10,12,16,18-19,21,25,27-28,32,34,36,39,42-43,46,48,51,62,66-69,71,75-76H,4-6,8,11,13-15,17,20,22-24,26,29-31,33,35,37-38,40-41,44-45,47,49-50,52-61H2,1-3H3,(H,77,78)/b10-7-,12-9-,19-16-,21-18-,28-25-,34-32-,36-27-,42-39-,46-43-,51-48-. The molecule has 1 aliphatic heterocycles. The third-order valence-electron chi connectivity index (χ3n) is 14.0. The number of unbranched alkanes of at least 4 members (excludes halogenated alkanes) is 20. The van der Waals surface area contributed by atoms with Gasteiger partial charge in [0.2, 0.25) is 0 Å². The van der Waals surface area contributed by atoms with Crippen molar-refractivity contribution in [1.82, 2.24) is 0 Å². The van der Waals surface area contributed by atoms with Crippen molar-refractivity contribution in [2.75, 3.05) is 13.2 Å². The van der Waals surface area contributed by atoms with Crippen LogP contribution in [0.3, 0.4) is 0 Å². The Morgan fingerprint density at radius 3 is 1.20 bits per heavy atom. The van der Waals surface area contributed by atoms with Crippen molar-refractivity contribution in [2.45, 2.75) is 289 Å². The molecule has 0 aromatic rings. The van der Waals surface area contributed by atoms with Gasteiger partial charge in [-0.2, -0.15) is 0 Å². The molecular formula is C71H114O12. The van der Waals surface area contributed by atoms with E-state index in [2.05, 4.69) is 130 Å². The maximum atomic E-state index is 13.2. The van der Waals surface area contributed by atoms with Crippen molar-refractivity contribution >= 4 is 23.9 Å². The van der Waals surface area contributed by atoms with Crippen LogP contribution < -0.4 is 0 Å². The van der Waals surface area contributed by atoms with Crippen molar-refractivity contribution in [3.8, 4) is 0 Å². The second kappa shape index (κ2) is 57.5. The molecule has 0 bridgehead atoms. The zero-order valence-corrected chi connectivity index (χ0v) is 51.9. The molecule has 470 valence electrons. The molecule has 12 nitrogen and oxygen atoms in total. The number of hydrogen-bond acceptors (Lipinski definition) is 11. The number of rotatable bonds is 54. The van der Waals surface area contributed by atoms with E-state index in [1.165, 1.54) is 89.9 Å². The molecule has 0 spiro atoms. The maximum absolute atomic E-state index is 13.2. The number of carbonyl (C=O) groups excluding carboxylic acids is 3. The summed E-state index contributed by atoms with van der Waals surface area (Å²) >= 11 is 0. The predicted molar refractivity (Wildman–Crippen MR) is 340 cm³/mol. The quantitative estimate of drug-likeness (QED) is 0.0228. The van der Waals surface area contributed by atoms with E-state index in [0.717, 1.165) is 103 Å². The number of carboxylic acid groups (broad SMARTS) is 1. The number of ether oxygens (including phenoxy) is 5. The molecule has 1 rings (SSSR count). The molecule has 3 N–H and O–H groups in total. The summed E-state index contributed by atoms with van der Waals surface area (Å²) in [6, 6.07) is 0. The molecule has 6 unspecified atom stereocenters. The molecule has 0 radical (unpaired) electrons. The summed E-state index contributed by atoms with van der Waals surface area (Å²) in [6.45, 7) is 5.69. The molecule has 12 heteroatoms. The number of aliphatic hydroxyl groups is 2. The molecule has 1 fully saturated rings. The number of hydrogen-bond donors (Lipinski definition) is 3. The summed E-state index contributed by atoms with van der Waals surface area (Å²) in [5.74, 6) is -3.29. The lowest BCUT2D eigenvalue weighted by Gasteiger charge is -2.40. The van der Waals surface area contributed by atoms with Gasteiger partial charge in [0.1, 0.15) is 18.8 Å². The molecular weight excluding hydrogens is 1040 g/mol. The first-order chi connectivity index (χ1) is 40.6. The third-order valence-corrected chi connectivity index (χ3v) is 14.0. The Bertz CT molecular complexity index is 1900. The van der Waals surface area contributed by atoms with Crippen molar-refractivity contribution in [3.05, 3.63) is 122 Å². The minimum absolute atomic E-state index is 0.0459.